The number of H-pyrrole nitrogens is 1. The highest BCUT2D eigenvalue weighted by Crippen LogP contribution is 2.14. The molecule has 1 N–H and O–H groups in total. The number of nitrogens with one attached hydrogen (secondary N) is 1. The number of carbonyl (C=O) groups is 1. The molecule has 1 aromatic rings. The van der Waals surface area contributed by atoms with E-state index in [0.717, 1.165) is 6.29 Å². The number of aromatic amines is 1. The average Bonchev–Trinajstić information content (AvgIpc) is 2.13. The van der Waals surface area contributed by atoms with Crippen molar-refractivity contribution in [1.29, 1.82) is 0 Å². The lowest BCUT2D eigenvalue weighted by Gasteiger charge is -1.84. The second-order valence-electron chi connectivity index (χ2n) is 1.67. The molecule has 5 heteroatoms. The number of aldehydes is 1. The first kappa shape index (κ1) is 7.57. The highest BCUT2D eigenvalue weighted by molar-refractivity contribution is 6.32. The molecule has 0 aliphatic rings. The molecule has 1 heterocycles. The predicted molar refractivity (Wildman–Crippen MR) is 38.4 cm³/mol. The Labute approximate surface area is 67.4 Å². The number of nitrogens with zero attached hydrogens (tertiary/aromatic N) is 1. The summed E-state index contributed by atoms with van der Waals surface area (Å²) in [4.78, 5) is 16.3. The molecule has 54 valence electrons. The van der Waals surface area contributed by atoms with Crippen molar-refractivity contribution >= 4 is 29.5 Å². The molecule has 0 radical (unpaired) electrons. The molecule has 0 saturated carbocycles. The van der Waals surface area contributed by atoms with E-state index >= 15 is 0 Å². The zero-order valence-corrected chi connectivity index (χ0v) is 6.41. The van der Waals surface area contributed by atoms with Crippen LogP contribution in [0.25, 0.3) is 0 Å². The van der Waals surface area contributed by atoms with Gasteiger partial charge in [0, 0.05) is 6.42 Å². The molecular formula is C5H4Cl2N2O. The SMILES string of the molecule is O=CCc1[nH]c(Cl)nc1Cl. The lowest BCUT2D eigenvalue weighted by atomic mass is 10.4. The number of halogens is 2. The molecule has 0 aromatic carbocycles. The van der Waals surface area contributed by atoms with Crippen LogP contribution in [-0.4, -0.2) is 16.3 Å². The van der Waals surface area contributed by atoms with E-state index in [1.807, 2.05) is 0 Å². The number of imidazole rings is 1. The van der Waals surface area contributed by atoms with Crippen molar-refractivity contribution in [3.8, 4) is 0 Å². The van der Waals surface area contributed by atoms with Gasteiger partial charge in [-0.3, -0.25) is 0 Å². The van der Waals surface area contributed by atoms with E-state index in [1.165, 1.54) is 0 Å². The highest BCUT2D eigenvalue weighted by Gasteiger charge is 2.04. The van der Waals surface area contributed by atoms with E-state index in [2.05, 4.69) is 9.97 Å². The van der Waals surface area contributed by atoms with Gasteiger partial charge in [-0.05, 0) is 11.6 Å². The van der Waals surface area contributed by atoms with Crippen LogP contribution in [0.4, 0.5) is 0 Å². The van der Waals surface area contributed by atoms with E-state index in [4.69, 9.17) is 23.2 Å². The first-order valence-electron chi connectivity index (χ1n) is 2.57. The van der Waals surface area contributed by atoms with Gasteiger partial charge in [-0.25, -0.2) is 4.98 Å². The lowest BCUT2D eigenvalue weighted by Crippen LogP contribution is -1.85. The van der Waals surface area contributed by atoms with Gasteiger partial charge in [-0.1, -0.05) is 11.6 Å². The molecule has 3 nitrogen and oxygen atoms in total. The highest BCUT2D eigenvalue weighted by atomic mass is 35.5. The van der Waals surface area contributed by atoms with Gasteiger partial charge in [0.2, 0.25) is 5.28 Å². The minimum atomic E-state index is 0.210. The van der Waals surface area contributed by atoms with Gasteiger partial charge < -0.3 is 9.78 Å². The third-order valence-electron chi connectivity index (χ3n) is 0.987. The molecule has 0 bridgehead atoms. The molecule has 0 aliphatic heterocycles. The molecular weight excluding hydrogens is 175 g/mol. The van der Waals surface area contributed by atoms with Crippen molar-refractivity contribution in [3.63, 3.8) is 0 Å². The summed E-state index contributed by atoms with van der Waals surface area (Å²) in [6.45, 7) is 0. The summed E-state index contributed by atoms with van der Waals surface area (Å²) in [5.74, 6) is 0. The molecule has 0 aliphatic carbocycles. The molecule has 0 fully saturated rings. The van der Waals surface area contributed by atoms with Crippen LogP contribution in [0.1, 0.15) is 5.69 Å². The zero-order chi connectivity index (χ0) is 7.56. The first-order valence-corrected chi connectivity index (χ1v) is 3.33. The summed E-state index contributed by atoms with van der Waals surface area (Å²) in [5.41, 5.74) is 0.557. The van der Waals surface area contributed by atoms with Crippen molar-refractivity contribution in [3.05, 3.63) is 16.1 Å². The second-order valence-corrected chi connectivity index (χ2v) is 2.38. The normalized spacial score (nSPS) is 9.80. The van der Waals surface area contributed by atoms with Crippen LogP contribution in [0.5, 0.6) is 0 Å². The van der Waals surface area contributed by atoms with E-state index in [-0.39, 0.29) is 16.9 Å². The first-order chi connectivity index (χ1) is 4.74. The Balaban J connectivity index is 2.91. The monoisotopic (exact) mass is 178 g/mol. The maximum absolute atomic E-state index is 9.99. The summed E-state index contributed by atoms with van der Waals surface area (Å²) in [5, 5.41) is 0.471. The van der Waals surface area contributed by atoms with E-state index < -0.39 is 0 Å². The topological polar surface area (TPSA) is 45.8 Å². The molecule has 1 rings (SSSR count). The number of hydrogen-bond acceptors (Lipinski definition) is 2. The van der Waals surface area contributed by atoms with Crippen LogP contribution >= 0.6 is 23.2 Å². The summed E-state index contributed by atoms with van der Waals surface area (Å²) in [7, 11) is 0. The number of carbonyl (C=O) groups excluding carboxylic acids is 1. The molecule has 0 amide bonds. The van der Waals surface area contributed by atoms with E-state index in [1.54, 1.807) is 0 Å². The van der Waals surface area contributed by atoms with Crippen LogP contribution in [-0.2, 0) is 11.2 Å². The molecule has 0 atom stereocenters. The van der Waals surface area contributed by atoms with E-state index in [9.17, 15) is 4.79 Å². The van der Waals surface area contributed by atoms with Gasteiger partial charge >= 0.3 is 0 Å². The summed E-state index contributed by atoms with van der Waals surface area (Å²) >= 11 is 11.0. The van der Waals surface area contributed by atoms with Crippen molar-refractivity contribution < 1.29 is 4.79 Å². The Kier molecular flexibility index (Phi) is 2.29. The maximum Gasteiger partial charge on any atom is 0.201 e. The van der Waals surface area contributed by atoms with Crippen molar-refractivity contribution in [2.45, 2.75) is 6.42 Å². The van der Waals surface area contributed by atoms with E-state index in [0.29, 0.717) is 5.69 Å². The summed E-state index contributed by atoms with van der Waals surface area (Å²) in [6.07, 6.45) is 0.953. The molecule has 0 saturated heterocycles. The molecule has 0 spiro atoms. The summed E-state index contributed by atoms with van der Waals surface area (Å²) < 4.78 is 0. The smallest absolute Gasteiger partial charge is 0.201 e. The fraction of sp³-hybridized carbons (Fsp3) is 0.200. The molecule has 10 heavy (non-hydrogen) atoms. The van der Waals surface area contributed by atoms with Crippen molar-refractivity contribution in [1.82, 2.24) is 9.97 Å². The lowest BCUT2D eigenvalue weighted by molar-refractivity contribution is -0.107. The fourth-order valence-electron chi connectivity index (χ4n) is 0.576. The van der Waals surface area contributed by atoms with Gasteiger partial charge in [-0.2, -0.15) is 0 Å². The number of aromatic nitrogens is 2. The van der Waals surface area contributed by atoms with Gasteiger partial charge in [0.15, 0.2) is 5.15 Å². The van der Waals surface area contributed by atoms with Crippen LogP contribution < -0.4 is 0 Å². The fourth-order valence-corrected chi connectivity index (χ4v) is 1.03. The van der Waals surface area contributed by atoms with Crippen molar-refractivity contribution in [2.24, 2.45) is 0 Å². The zero-order valence-electron chi connectivity index (χ0n) is 4.90. The average molecular weight is 179 g/mol. The molecule has 1 aromatic heterocycles. The largest absolute Gasteiger partial charge is 0.331 e. The van der Waals surface area contributed by atoms with Gasteiger partial charge in [0.05, 0.1) is 5.69 Å². The van der Waals surface area contributed by atoms with Gasteiger partial charge in [0.1, 0.15) is 6.29 Å². The Morgan fingerprint density at radius 1 is 1.60 bits per heavy atom. The Bertz CT molecular complexity index is 246. The third kappa shape index (κ3) is 1.49. The predicted octanol–water partition coefficient (Wildman–Crippen LogP) is 1.46. The number of hydrogen-bond donors (Lipinski definition) is 1. The quantitative estimate of drug-likeness (QED) is 0.698. The second kappa shape index (κ2) is 3.03. The van der Waals surface area contributed by atoms with Gasteiger partial charge in [-0.15, -0.1) is 0 Å². The van der Waals surface area contributed by atoms with Crippen LogP contribution in [0, 0.1) is 0 Å². The minimum absolute atomic E-state index is 0.210. The summed E-state index contributed by atoms with van der Waals surface area (Å²) in [6, 6.07) is 0. The molecule has 0 unspecified atom stereocenters. The van der Waals surface area contributed by atoms with Gasteiger partial charge in [0.25, 0.3) is 0 Å². The van der Waals surface area contributed by atoms with Crippen molar-refractivity contribution in [2.75, 3.05) is 0 Å². The maximum atomic E-state index is 9.99. The Morgan fingerprint density at radius 3 is 2.70 bits per heavy atom. The Morgan fingerprint density at radius 2 is 2.30 bits per heavy atom. The van der Waals surface area contributed by atoms with Crippen LogP contribution in [0.15, 0.2) is 0 Å². The Hall–Kier alpha value is -0.540. The minimum Gasteiger partial charge on any atom is -0.331 e. The standard InChI is InChI=1S/C5H4Cl2N2O/c6-4-3(1-2-10)8-5(7)9-4/h2H,1H2,(H,8,9). The third-order valence-corrected chi connectivity index (χ3v) is 1.48. The van der Waals surface area contributed by atoms with Crippen LogP contribution in [0.2, 0.25) is 10.4 Å². The van der Waals surface area contributed by atoms with Crippen LogP contribution in [0.3, 0.4) is 0 Å². The number of rotatable bonds is 2.